The minimum atomic E-state index is -0.611. The lowest BCUT2D eigenvalue weighted by Gasteiger charge is -1.99. The van der Waals surface area contributed by atoms with Gasteiger partial charge in [0.05, 0.1) is 10.0 Å². The van der Waals surface area contributed by atoms with E-state index in [2.05, 4.69) is 10.6 Å². The van der Waals surface area contributed by atoms with Gasteiger partial charge in [0, 0.05) is 19.9 Å². The molecule has 0 saturated carbocycles. The molecule has 0 spiro atoms. The molecule has 7 heteroatoms. The van der Waals surface area contributed by atoms with Crippen LogP contribution >= 0.6 is 30.2 Å². The fourth-order valence-electron chi connectivity index (χ4n) is 0.793. The van der Waals surface area contributed by atoms with Crippen molar-refractivity contribution < 1.29 is 9.59 Å². The molecule has 0 aromatic carbocycles. The van der Waals surface area contributed by atoms with E-state index in [4.69, 9.17) is 10.7 Å². The first kappa shape index (κ1) is 11.6. The summed E-state index contributed by atoms with van der Waals surface area (Å²) in [6.45, 7) is 2.83. The smallest absolute Gasteiger partial charge is 0.221 e. The first-order chi connectivity index (χ1) is 6.49. The van der Waals surface area contributed by atoms with Gasteiger partial charge < -0.3 is 10.6 Å². The Hall–Kier alpha value is -0.460. The number of carbonyl (C=O) groups is 2. The Balaban J connectivity index is 2.66. The molecular weight excluding hydrogens is 244 g/mol. The molecule has 1 unspecified atom stereocenters. The molecule has 0 bridgehead atoms. The molecule has 0 aliphatic carbocycles. The summed E-state index contributed by atoms with van der Waals surface area (Å²) in [5.41, 5.74) is 0. The summed E-state index contributed by atoms with van der Waals surface area (Å²) in [5, 5.41) is 5.88. The molecule has 0 saturated heterocycles. The van der Waals surface area contributed by atoms with Gasteiger partial charge in [-0.25, -0.2) is 0 Å². The Morgan fingerprint density at radius 3 is 2.43 bits per heavy atom. The molecule has 0 fully saturated rings. The van der Waals surface area contributed by atoms with Crippen molar-refractivity contribution >= 4 is 47.0 Å². The summed E-state index contributed by atoms with van der Waals surface area (Å²) in [6.07, 6.45) is 1.67. The highest BCUT2D eigenvalue weighted by Crippen LogP contribution is 2.45. The number of nitrogens with one attached hydrogen (secondary N) is 2. The molecule has 1 rings (SSSR count). The Morgan fingerprint density at radius 2 is 1.93 bits per heavy atom. The topological polar surface area (TPSA) is 58.2 Å². The van der Waals surface area contributed by atoms with Crippen LogP contribution in [0.2, 0.25) is 0 Å². The third kappa shape index (κ3) is 3.36. The monoisotopic (exact) mass is 252 g/mol. The zero-order valence-electron chi connectivity index (χ0n) is 7.59. The van der Waals surface area contributed by atoms with E-state index in [1.54, 1.807) is 6.08 Å². The SMILES string of the molecule is CC(=O)NC1=CC(NC(C)=O)=S(Cl)S1. The van der Waals surface area contributed by atoms with E-state index in [1.165, 1.54) is 24.6 Å². The minimum absolute atomic E-state index is 0.151. The van der Waals surface area contributed by atoms with Crippen LogP contribution in [-0.2, 0) is 9.59 Å². The fourth-order valence-corrected chi connectivity index (χ4v) is 4.04. The van der Waals surface area contributed by atoms with Gasteiger partial charge in [-0.3, -0.25) is 9.59 Å². The van der Waals surface area contributed by atoms with Gasteiger partial charge in [0.25, 0.3) is 0 Å². The van der Waals surface area contributed by atoms with Crippen LogP contribution in [0.15, 0.2) is 11.1 Å². The van der Waals surface area contributed by atoms with Crippen LogP contribution < -0.4 is 10.6 Å². The second-order valence-electron chi connectivity index (χ2n) is 2.54. The van der Waals surface area contributed by atoms with E-state index < -0.39 is 8.73 Å². The van der Waals surface area contributed by atoms with Crippen molar-refractivity contribution in [1.82, 2.24) is 10.6 Å². The highest BCUT2D eigenvalue weighted by Gasteiger charge is 2.16. The Kier molecular flexibility index (Phi) is 4.03. The summed E-state index contributed by atoms with van der Waals surface area (Å²) in [5.74, 6) is -0.319. The van der Waals surface area contributed by atoms with Crippen LogP contribution in [0.25, 0.3) is 0 Å². The quantitative estimate of drug-likeness (QED) is 0.547. The molecule has 1 aliphatic rings. The zero-order chi connectivity index (χ0) is 10.7. The van der Waals surface area contributed by atoms with E-state index in [-0.39, 0.29) is 11.8 Å². The van der Waals surface area contributed by atoms with Gasteiger partial charge in [-0.15, -0.1) is 0 Å². The maximum Gasteiger partial charge on any atom is 0.221 e. The summed E-state index contributed by atoms with van der Waals surface area (Å²) < 4.78 is 0. The molecule has 1 aliphatic heterocycles. The van der Waals surface area contributed by atoms with Gasteiger partial charge in [0.2, 0.25) is 11.8 Å². The lowest BCUT2D eigenvalue weighted by molar-refractivity contribution is -0.118. The van der Waals surface area contributed by atoms with Crippen molar-refractivity contribution in [3.8, 4) is 0 Å². The van der Waals surface area contributed by atoms with Gasteiger partial charge in [-0.1, -0.05) is 0 Å². The number of hydrogen-bond donors (Lipinski definition) is 2. The zero-order valence-corrected chi connectivity index (χ0v) is 9.98. The third-order valence-corrected chi connectivity index (χ3v) is 4.89. The van der Waals surface area contributed by atoms with E-state index in [0.29, 0.717) is 10.0 Å². The summed E-state index contributed by atoms with van der Waals surface area (Å²) in [7, 11) is 6.64. The summed E-state index contributed by atoms with van der Waals surface area (Å²) in [6, 6.07) is 0. The van der Waals surface area contributed by atoms with Crippen molar-refractivity contribution in [2.45, 2.75) is 13.8 Å². The first-order valence-electron chi connectivity index (χ1n) is 3.71. The van der Waals surface area contributed by atoms with E-state index in [0.717, 1.165) is 0 Å². The molecule has 1 atom stereocenters. The predicted octanol–water partition coefficient (Wildman–Crippen LogP) is 1.31. The van der Waals surface area contributed by atoms with E-state index >= 15 is 0 Å². The molecule has 1 heterocycles. The molecular formula is C7H9ClN2O2S2. The summed E-state index contributed by atoms with van der Waals surface area (Å²) >= 11 is 0. The van der Waals surface area contributed by atoms with Crippen LogP contribution in [-0.4, -0.2) is 16.8 Å². The molecule has 4 nitrogen and oxygen atoms in total. The Morgan fingerprint density at radius 1 is 1.36 bits per heavy atom. The molecule has 78 valence electrons. The van der Waals surface area contributed by atoms with Crippen LogP contribution in [0.4, 0.5) is 0 Å². The first-order valence-corrected chi connectivity index (χ1v) is 7.10. The van der Waals surface area contributed by atoms with E-state index in [9.17, 15) is 9.59 Å². The Bertz CT molecular complexity index is 352. The molecule has 2 N–H and O–H groups in total. The third-order valence-electron chi connectivity index (χ3n) is 1.20. The number of carbonyl (C=O) groups excluding carboxylic acids is 2. The van der Waals surface area contributed by atoms with Crippen molar-refractivity contribution in [3.63, 3.8) is 0 Å². The predicted molar refractivity (Wildman–Crippen MR) is 61.8 cm³/mol. The Labute approximate surface area is 92.3 Å². The number of rotatable bonds is 1. The average Bonchev–Trinajstić information content (AvgIpc) is 2.28. The largest absolute Gasteiger partial charge is 0.320 e. The van der Waals surface area contributed by atoms with Crippen LogP contribution in [0.5, 0.6) is 0 Å². The highest BCUT2D eigenvalue weighted by atomic mass is 35.7. The fraction of sp³-hybridized carbons (Fsp3) is 0.286. The van der Waals surface area contributed by atoms with Crippen LogP contribution in [0.1, 0.15) is 13.8 Å². The van der Waals surface area contributed by atoms with Crippen molar-refractivity contribution in [1.29, 1.82) is 0 Å². The second-order valence-corrected chi connectivity index (χ2v) is 7.01. The van der Waals surface area contributed by atoms with Gasteiger partial charge in [0.15, 0.2) is 0 Å². The van der Waals surface area contributed by atoms with Gasteiger partial charge in [0.1, 0.15) is 0 Å². The molecule has 14 heavy (non-hydrogen) atoms. The number of halogens is 1. The number of amides is 2. The maximum atomic E-state index is 10.8. The lowest BCUT2D eigenvalue weighted by Crippen LogP contribution is -2.25. The second kappa shape index (κ2) is 4.86. The van der Waals surface area contributed by atoms with Crippen LogP contribution in [0, 0.1) is 0 Å². The average molecular weight is 253 g/mol. The molecule has 2 amide bonds. The van der Waals surface area contributed by atoms with Gasteiger partial charge >= 0.3 is 0 Å². The van der Waals surface area contributed by atoms with E-state index in [1.807, 2.05) is 0 Å². The van der Waals surface area contributed by atoms with Gasteiger partial charge in [-0.2, -0.15) is 0 Å². The lowest BCUT2D eigenvalue weighted by atomic mass is 10.5. The standard InChI is InChI=1S/C7H9ClN2O2S2/c1-4(11)9-6-3-7(10-5(2)12)14(8)13-6/h3H,1-2H3,(H,9,11)(H,10,12). The van der Waals surface area contributed by atoms with Crippen molar-refractivity contribution in [2.75, 3.05) is 0 Å². The number of hydrogen-bond acceptors (Lipinski definition) is 3. The van der Waals surface area contributed by atoms with Crippen molar-refractivity contribution in [2.24, 2.45) is 0 Å². The minimum Gasteiger partial charge on any atom is -0.320 e. The highest BCUT2D eigenvalue weighted by molar-refractivity contribution is 8.93. The van der Waals surface area contributed by atoms with Crippen LogP contribution in [0.3, 0.4) is 0 Å². The van der Waals surface area contributed by atoms with Gasteiger partial charge in [-0.05, 0) is 30.2 Å². The summed E-state index contributed by atoms with van der Waals surface area (Å²) in [4.78, 5) is 22.1. The molecule has 0 aromatic rings. The maximum absolute atomic E-state index is 10.8. The van der Waals surface area contributed by atoms with Crippen molar-refractivity contribution in [3.05, 3.63) is 11.1 Å². The molecule has 0 aromatic heterocycles. The normalized spacial score (nSPS) is 20.4. The molecule has 0 radical (unpaired) electrons.